The van der Waals surface area contributed by atoms with Gasteiger partial charge in [0, 0.05) is 6.54 Å². The average molecular weight is 215 g/mol. The van der Waals surface area contributed by atoms with Crippen LogP contribution in [0.1, 0.15) is 39.0 Å². The maximum Gasteiger partial charge on any atom is 0.320 e. The van der Waals surface area contributed by atoms with Gasteiger partial charge in [-0.05, 0) is 25.8 Å². The molecular formula is C11H21NO3. The highest BCUT2D eigenvalue weighted by molar-refractivity contribution is 5.73. The molecule has 15 heavy (non-hydrogen) atoms. The number of rotatable bonds is 5. The fourth-order valence-electron chi connectivity index (χ4n) is 2.13. The minimum Gasteiger partial charge on any atom is -0.480 e. The second-order valence-electron chi connectivity index (χ2n) is 4.29. The first-order chi connectivity index (χ1) is 7.15. The number of carboxylic acids is 1. The van der Waals surface area contributed by atoms with Gasteiger partial charge in [-0.25, -0.2) is 0 Å². The number of unbranched alkanes of at least 4 members (excludes halogenated alkanes) is 1. The van der Waals surface area contributed by atoms with E-state index in [4.69, 9.17) is 5.11 Å². The third-order valence-electron chi connectivity index (χ3n) is 2.98. The van der Waals surface area contributed by atoms with Crippen molar-refractivity contribution >= 4 is 5.97 Å². The van der Waals surface area contributed by atoms with Gasteiger partial charge >= 0.3 is 5.97 Å². The van der Waals surface area contributed by atoms with Crippen molar-refractivity contribution in [2.24, 2.45) is 0 Å². The van der Waals surface area contributed by atoms with Crippen molar-refractivity contribution in [3.63, 3.8) is 0 Å². The Bertz CT molecular complexity index is 208. The first-order valence-corrected chi connectivity index (χ1v) is 5.80. The lowest BCUT2D eigenvalue weighted by Gasteiger charge is -2.34. The van der Waals surface area contributed by atoms with E-state index < -0.39 is 12.0 Å². The molecule has 1 heterocycles. The SMILES string of the molecule is CCCCC(C(=O)O)N1CCCC(O)C1. The first kappa shape index (κ1) is 12.5. The molecule has 0 aromatic carbocycles. The van der Waals surface area contributed by atoms with Gasteiger partial charge < -0.3 is 10.2 Å². The number of nitrogens with zero attached hydrogens (tertiary/aromatic N) is 1. The van der Waals surface area contributed by atoms with Gasteiger partial charge in [0.05, 0.1) is 6.10 Å². The highest BCUT2D eigenvalue weighted by Gasteiger charge is 2.28. The van der Waals surface area contributed by atoms with E-state index in [1.807, 2.05) is 4.90 Å². The number of piperidine rings is 1. The zero-order valence-corrected chi connectivity index (χ0v) is 9.35. The monoisotopic (exact) mass is 215 g/mol. The quantitative estimate of drug-likeness (QED) is 0.720. The molecule has 4 heteroatoms. The third-order valence-corrected chi connectivity index (χ3v) is 2.98. The van der Waals surface area contributed by atoms with Gasteiger partial charge in [-0.3, -0.25) is 9.69 Å². The van der Waals surface area contributed by atoms with Crippen LogP contribution in [0.15, 0.2) is 0 Å². The highest BCUT2D eigenvalue weighted by atomic mass is 16.4. The largest absolute Gasteiger partial charge is 0.480 e. The Balaban J connectivity index is 2.50. The molecule has 0 amide bonds. The van der Waals surface area contributed by atoms with E-state index in [1.54, 1.807) is 0 Å². The van der Waals surface area contributed by atoms with Crippen LogP contribution < -0.4 is 0 Å². The van der Waals surface area contributed by atoms with E-state index in [-0.39, 0.29) is 6.10 Å². The van der Waals surface area contributed by atoms with Crippen molar-refractivity contribution in [1.29, 1.82) is 0 Å². The molecule has 0 aromatic heterocycles. The predicted octanol–water partition coefficient (Wildman–Crippen LogP) is 1.09. The summed E-state index contributed by atoms with van der Waals surface area (Å²) in [5.41, 5.74) is 0. The predicted molar refractivity (Wildman–Crippen MR) is 57.8 cm³/mol. The standard InChI is InChI=1S/C11H21NO3/c1-2-3-6-10(11(14)15)12-7-4-5-9(13)8-12/h9-10,13H,2-8H2,1H3,(H,14,15). The molecule has 4 nitrogen and oxygen atoms in total. The number of carbonyl (C=O) groups is 1. The van der Waals surface area contributed by atoms with Crippen LogP contribution in [0.4, 0.5) is 0 Å². The molecule has 1 fully saturated rings. The lowest BCUT2D eigenvalue weighted by Crippen LogP contribution is -2.48. The molecule has 1 aliphatic rings. The van der Waals surface area contributed by atoms with Crippen LogP contribution >= 0.6 is 0 Å². The van der Waals surface area contributed by atoms with E-state index in [1.165, 1.54) is 0 Å². The second kappa shape index (κ2) is 6.08. The Morgan fingerprint density at radius 2 is 2.33 bits per heavy atom. The molecule has 1 saturated heterocycles. The van der Waals surface area contributed by atoms with Gasteiger partial charge in [0.2, 0.25) is 0 Å². The van der Waals surface area contributed by atoms with Gasteiger partial charge in [0.25, 0.3) is 0 Å². The maximum absolute atomic E-state index is 11.1. The number of aliphatic hydroxyl groups excluding tert-OH is 1. The Kier molecular flexibility index (Phi) is 5.05. The normalized spacial score (nSPS) is 25.1. The Hall–Kier alpha value is -0.610. The number of aliphatic hydroxyl groups is 1. The molecule has 0 saturated carbocycles. The van der Waals surface area contributed by atoms with Crippen LogP contribution in [0, 0.1) is 0 Å². The van der Waals surface area contributed by atoms with Crippen molar-refractivity contribution in [2.45, 2.75) is 51.2 Å². The van der Waals surface area contributed by atoms with Crippen molar-refractivity contribution in [1.82, 2.24) is 4.90 Å². The van der Waals surface area contributed by atoms with Gasteiger partial charge in [0.1, 0.15) is 6.04 Å². The Morgan fingerprint density at radius 3 is 2.87 bits per heavy atom. The summed E-state index contributed by atoms with van der Waals surface area (Å²) in [6.07, 6.45) is 4.00. The van der Waals surface area contributed by atoms with Gasteiger partial charge in [0.15, 0.2) is 0 Å². The molecular weight excluding hydrogens is 194 g/mol. The number of β-amino-alcohol motifs (C(OH)–C–C–N with tert-alkyl or cyclic N) is 1. The molecule has 2 atom stereocenters. The van der Waals surface area contributed by atoms with Gasteiger partial charge in [-0.15, -0.1) is 0 Å². The zero-order valence-electron chi connectivity index (χ0n) is 9.35. The highest BCUT2D eigenvalue weighted by Crippen LogP contribution is 2.16. The smallest absolute Gasteiger partial charge is 0.320 e. The number of hydrogen-bond donors (Lipinski definition) is 2. The van der Waals surface area contributed by atoms with Crippen LogP contribution in [0.2, 0.25) is 0 Å². The van der Waals surface area contributed by atoms with Crippen molar-refractivity contribution in [3.8, 4) is 0 Å². The lowest BCUT2D eigenvalue weighted by atomic mass is 10.0. The van der Waals surface area contributed by atoms with E-state index in [9.17, 15) is 9.90 Å². The summed E-state index contributed by atoms with van der Waals surface area (Å²) < 4.78 is 0. The molecule has 0 radical (unpaired) electrons. The van der Waals surface area contributed by atoms with Crippen molar-refractivity contribution < 1.29 is 15.0 Å². The number of hydrogen-bond acceptors (Lipinski definition) is 3. The summed E-state index contributed by atoms with van der Waals surface area (Å²) in [6.45, 7) is 3.38. The zero-order chi connectivity index (χ0) is 11.3. The van der Waals surface area contributed by atoms with E-state index in [2.05, 4.69) is 6.92 Å². The maximum atomic E-state index is 11.1. The van der Waals surface area contributed by atoms with Crippen LogP contribution in [0.25, 0.3) is 0 Å². The third kappa shape index (κ3) is 3.80. The summed E-state index contributed by atoms with van der Waals surface area (Å²) in [6, 6.07) is -0.403. The summed E-state index contributed by atoms with van der Waals surface area (Å²) in [4.78, 5) is 13.0. The molecule has 2 unspecified atom stereocenters. The molecule has 2 N–H and O–H groups in total. The van der Waals surface area contributed by atoms with Crippen LogP contribution in [0.3, 0.4) is 0 Å². The molecule has 1 aliphatic heterocycles. The molecule has 0 aliphatic carbocycles. The van der Waals surface area contributed by atoms with Crippen molar-refractivity contribution in [3.05, 3.63) is 0 Å². The number of carboxylic acid groups (broad SMARTS) is 1. The summed E-state index contributed by atoms with van der Waals surface area (Å²) in [5, 5.41) is 18.6. The van der Waals surface area contributed by atoms with Gasteiger partial charge in [-0.1, -0.05) is 19.8 Å². The first-order valence-electron chi connectivity index (χ1n) is 5.80. The summed E-state index contributed by atoms with van der Waals surface area (Å²) in [7, 11) is 0. The molecule has 1 rings (SSSR count). The van der Waals surface area contributed by atoms with E-state index >= 15 is 0 Å². The van der Waals surface area contributed by atoms with Crippen LogP contribution in [-0.2, 0) is 4.79 Å². The molecule has 0 spiro atoms. The van der Waals surface area contributed by atoms with E-state index in [0.29, 0.717) is 13.0 Å². The number of aliphatic carboxylic acids is 1. The fraction of sp³-hybridized carbons (Fsp3) is 0.909. The molecule has 0 aromatic rings. The lowest BCUT2D eigenvalue weighted by molar-refractivity contribution is -0.144. The Morgan fingerprint density at radius 1 is 1.60 bits per heavy atom. The van der Waals surface area contributed by atoms with Gasteiger partial charge in [-0.2, -0.15) is 0 Å². The fourth-order valence-corrected chi connectivity index (χ4v) is 2.13. The minimum atomic E-state index is -0.752. The summed E-state index contributed by atoms with van der Waals surface area (Å²) >= 11 is 0. The average Bonchev–Trinajstić information content (AvgIpc) is 2.18. The van der Waals surface area contributed by atoms with Crippen molar-refractivity contribution in [2.75, 3.05) is 13.1 Å². The van der Waals surface area contributed by atoms with E-state index in [0.717, 1.165) is 32.2 Å². The second-order valence-corrected chi connectivity index (χ2v) is 4.29. The van der Waals surface area contributed by atoms with Crippen LogP contribution in [0.5, 0.6) is 0 Å². The van der Waals surface area contributed by atoms with Crippen LogP contribution in [-0.4, -0.2) is 46.3 Å². The topological polar surface area (TPSA) is 60.8 Å². The summed E-state index contributed by atoms with van der Waals surface area (Å²) in [5.74, 6) is -0.752. The molecule has 0 bridgehead atoms. The Labute approximate surface area is 90.9 Å². The molecule has 88 valence electrons. The number of likely N-dealkylation sites (tertiary alicyclic amines) is 1. The minimum absolute atomic E-state index is 0.345.